The molecule has 0 N–H and O–H groups in total. The molecule has 0 aliphatic rings. The molecule has 4 heteroatoms. The lowest BCUT2D eigenvalue weighted by Gasteiger charge is -2.32. The van der Waals surface area contributed by atoms with Crippen molar-refractivity contribution in [2.45, 2.75) is 53.2 Å². The number of allylic oxidation sites excluding steroid dienone is 1. The van der Waals surface area contributed by atoms with E-state index in [0.29, 0.717) is 17.7 Å². The molecule has 0 saturated heterocycles. The first-order valence-corrected chi connectivity index (χ1v) is 10.6. The molecular weight excluding hydrogens is 376 g/mol. The molecule has 0 radical (unpaired) electrons. The lowest BCUT2D eigenvalue weighted by atomic mass is 9.87. The molecule has 30 heavy (non-hydrogen) atoms. The molecule has 0 spiro atoms. The van der Waals surface area contributed by atoms with Crippen molar-refractivity contribution in [1.29, 1.82) is 0 Å². The molecule has 0 heterocycles. The predicted octanol–water partition coefficient (Wildman–Crippen LogP) is 6.14. The third-order valence-electron chi connectivity index (χ3n) is 5.43. The number of Topliss-reactive ketones (excluding diaryl/α,β-unsaturated/α-hetero) is 1. The first-order chi connectivity index (χ1) is 14.4. The van der Waals surface area contributed by atoms with E-state index in [1.807, 2.05) is 71.0 Å². The number of hydrogen-bond donors (Lipinski definition) is 0. The van der Waals surface area contributed by atoms with Gasteiger partial charge in [-0.2, -0.15) is 0 Å². The third-order valence-corrected chi connectivity index (χ3v) is 5.43. The van der Waals surface area contributed by atoms with Gasteiger partial charge >= 0.3 is 5.97 Å². The summed E-state index contributed by atoms with van der Waals surface area (Å²) < 4.78 is 12.1. The van der Waals surface area contributed by atoms with Crippen LogP contribution in [-0.2, 0) is 14.3 Å². The van der Waals surface area contributed by atoms with Gasteiger partial charge < -0.3 is 9.47 Å². The Morgan fingerprint density at radius 2 is 1.47 bits per heavy atom. The summed E-state index contributed by atoms with van der Waals surface area (Å²) in [5.41, 5.74) is 1.52. The summed E-state index contributed by atoms with van der Waals surface area (Å²) in [6, 6.07) is 18.8. The van der Waals surface area contributed by atoms with Crippen molar-refractivity contribution in [2.24, 2.45) is 11.8 Å². The highest BCUT2D eigenvalue weighted by molar-refractivity contribution is 5.90. The van der Waals surface area contributed by atoms with Crippen LogP contribution in [0.4, 0.5) is 0 Å². The summed E-state index contributed by atoms with van der Waals surface area (Å²) in [6.07, 6.45) is 1.58. The number of benzene rings is 2. The van der Waals surface area contributed by atoms with Gasteiger partial charge in [0.05, 0.1) is 17.8 Å². The first kappa shape index (κ1) is 23.6. The van der Waals surface area contributed by atoms with Gasteiger partial charge in [-0.3, -0.25) is 4.79 Å². The van der Waals surface area contributed by atoms with E-state index in [1.165, 1.54) is 0 Å². The lowest BCUT2D eigenvalue weighted by Crippen LogP contribution is -2.36. The summed E-state index contributed by atoms with van der Waals surface area (Å²) in [5.74, 6) is -0.400. The summed E-state index contributed by atoms with van der Waals surface area (Å²) in [5, 5.41) is 0. The molecule has 2 rings (SSSR count). The molecule has 0 aliphatic heterocycles. The SMILES string of the molecule is C/C=C(\OC(=O)c1ccccc1)[C@@H](C)[C@@H](O[C@@H](C)c1ccccc1)[C@H](C)C(=O)CC. The monoisotopic (exact) mass is 408 g/mol. The fraction of sp³-hybridized carbons (Fsp3) is 0.385. The van der Waals surface area contributed by atoms with Crippen LogP contribution in [0.5, 0.6) is 0 Å². The van der Waals surface area contributed by atoms with Crippen LogP contribution in [0.1, 0.15) is 63.1 Å². The van der Waals surface area contributed by atoms with E-state index >= 15 is 0 Å². The van der Waals surface area contributed by atoms with Gasteiger partial charge in [0.1, 0.15) is 11.5 Å². The van der Waals surface area contributed by atoms with Crippen LogP contribution in [0.2, 0.25) is 0 Å². The van der Waals surface area contributed by atoms with Crippen molar-refractivity contribution >= 4 is 11.8 Å². The zero-order valence-electron chi connectivity index (χ0n) is 18.5. The van der Waals surface area contributed by atoms with E-state index in [0.717, 1.165) is 5.56 Å². The normalized spacial score (nSPS) is 15.7. The molecule has 0 saturated carbocycles. The van der Waals surface area contributed by atoms with Crippen molar-refractivity contribution in [3.05, 3.63) is 83.6 Å². The van der Waals surface area contributed by atoms with Gasteiger partial charge in [0.15, 0.2) is 0 Å². The fourth-order valence-corrected chi connectivity index (χ4v) is 3.53. The second-order valence-electron chi connectivity index (χ2n) is 7.50. The highest BCUT2D eigenvalue weighted by atomic mass is 16.5. The Balaban J connectivity index is 2.24. The average molecular weight is 409 g/mol. The number of esters is 1. The van der Waals surface area contributed by atoms with Crippen LogP contribution < -0.4 is 0 Å². The van der Waals surface area contributed by atoms with E-state index in [1.54, 1.807) is 30.3 Å². The second kappa shape index (κ2) is 11.5. The van der Waals surface area contributed by atoms with Gasteiger partial charge in [-0.25, -0.2) is 4.79 Å². The van der Waals surface area contributed by atoms with Crippen LogP contribution in [-0.4, -0.2) is 17.9 Å². The maximum Gasteiger partial charge on any atom is 0.343 e. The van der Waals surface area contributed by atoms with Crippen molar-refractivity contribution in [3.63, 3.8) is 0 Å². The number of hydrogen-bond acceptors (Lipinski definition) is 4. The number of ether oxygens (including phenoxy) is 2. The van der Waals surface area contributed by atoms with E-state index in [9.17, 15) is 9.59 Å². The quantitative estimate of drug-likeness (QED) is 0.350. The Kier molecular flexibility index (Phi) is 9.00. The first-order valence-electron chi connectivity index (χ1n) is 10.6. The molecule has 0 fully saturated rings. The van der Waals surface area contributed by atoms with Gasteiger partial charge in [0.25, 0.3) is 0 Å². The second-order valence-corrected chi connectivity index (χ2v) is 7.50. The molecule has 2 aromatic rings. The maximum absolute atomic E-state index is 12.6. The standard InChI is InChI=1S/C26H32O4/c1-6-23(27)18(3)25(29-20(5)21-14-10-8-11-15-21)19(4)24(7-2)30-26(28)22-16-12-9-13-17-22/h7-20,25H,6H2,1-5H3/b24-7-/t18-,19-,20+,25+/m1/s1. The van der Waals surface area contributed by atoms with Gasteiger partial charge in [-0.1, -0.05) is 69.3 Å². The van der Waals surface area contributed by atoms with Crippen molar-refractivity contribution in [1.82, 2.24) is 0 Å². The predicted molar refractivity (Wildman–Crippen MR) is 119 cm³/mol. The Morgan fingerprint density at radius 1 is 0.900 bits per heavy atom. The number of carbonyl (C=O) groups excluding carboxylic acids is 2. The van der Waals surface area contributed by atoms with Crippen LogP contribution in [0.15, 0.2) is 72.5 Å². The Bertz CT molecular complexity index is 842. The third kappa shape index (κ3) is 6.14. The number of ketones is 1. The topological polar surface area (TPSA) is 52.6 Å². The largest absolute Gasteiger partial charge is 0.427 e. The van der Waals surface area contributed by atoms with Gasteiger partial charge in [0, 0.05) is 18.3 Å². The molecular formula is C26H32O4. The molecule has 4 atom stereocenters. The van der Waals surface area contributed by atoms with Crippen LogP contribution in [0.3, 0.4) is 0 Å². The van der Waals surface area contributed by atoms with Crippen molar-refractivity contribution in [2.75, 3.05) is 0 Å². The molecule has 0 unspecified atom stereocenters. The molecule has 0 aromatic heterocycles. The Hall–Kier alpha value is -2.72. The minimum absolute atomic E-state index is 0.122. The molecule has 4 nitrogen and oxygen atoms in total. The van der Waals surface area contributed by atoms with E-state index < -0.39 is 12.1 Å². The Morgan fingerprint density at radius 3 is 2.00 bits per heavy atom. The number of carbonyl (C=O) groups is 2. The minimum Gasteiger partial charge on any atom is -0.427 e. The fourth-order valence-electron chi connectivity index (χ4n) is 3.53. The summed E-state index contributed by atoms with van der Waals surface area (Å²) in [4.78, 5) is 25.1. The van der Waals surface area contributed by atoms with Crippen LogP contribution in [0.25, 0.3) is 0 Å². The maximum atomic E-state index is 12.6. The van der Waals surface area contributed by atoms with Gasteiger partial charge in [-0.05, 0) is 37.6 Å². The lowest BCUT2D eigenvalue weighted by molar-refractivity contribution is -0.132. The zero-order chi connectivity index (χ0) is 22.1. The van der Waals surface area contributed by atoms with E-state index in [4.69, 9.17) is 9.47 Å². The highest BCUT2D eigenvalue weighted by Crippen LogP contribution is 2.31. The van der Waals surface area contributed by atoms with Crippen molar-refractivity contribution in [3.8, 4) is 0 Å². The summed E-state index contributed by atoms with van der Waals surface area (Å²) >= 11 is 0. The van der Waals surface area contributed by atoms with Crippen LogP contribution in [0, 0.1) is 11.8 Å². The summed E-state index contributed by atoms with van der Waals surface area (Å²) in [6.45, 7) is 9.48. The molecule has 0 aliphatic carbocycles. The zero-order valence-corrected chi connectivity index (χ0v) is 18.5. The van der Waals surface area contributed by atoms with Crippen molar-refractivity contribution < 1.29 is 19.1 Å². The van der Waals surface area contributed by atoms with Gasteiger partial charge in [-0.15, -0.1) is 0 Å². The molecule has 0 bridgehead atoms. The smallest absolute Gasteiger partial charge is 0.343 e. The van der Waals surface area contributed by atoms with Crippen LogP contribution >= 0.6 is 0 Å². The molecule has 160 valence electrons. The van der Waals surface area contributed by atoms with Gasteiger partial charge in [0.2, 0.25) is 0 Å². The number of rotatable bonds is 10. The molecule has 2 aromatic carbocycles. The van der Waals surface area contributed by atoms with E-state index in [2.05, 4.69) is 0 Å². The average Bonchev–Trinajstić information content (AvgIpc) is 2.80. The molecule has 0 amide bonds. The Labute approximate surface area is 179 Å². The highest BCUT2D eigenvalue weighted by Gasteiger charge is 2.34. The summed E-state index contributed by atoms with van der Waals surface area (Å²) in [7, 11) is 0. The van der Waals surface area contributed by atoms with E-state index in [-0.39, 0.29) is 23.7 Å². The minimum atomic E-state index is -0.428.